The average molecular weight is 488 g/mol. The summed E-state index contributed by atoms with van der Waals surface area (Å²) in [4.78, 5) is 26.9. The quantitative estimate of drug-likeness (QED) is 0.381. The van der Waals surface area contributed by atoms with E-state index in [1.54, 1.807) is 32.0 Å². The number of hydrogen-bond donors (Lipinski definition) is 1. The predicted molar refractivity (Wildman–Crippen MR) is 124 cm³/mol. The van der Waals surface area contributed by atoms with Gasteiger partial charge in [-0.2, -0.15) is 10.0 Å². The van der Waals surface area contributed by atoms with Crippen molar-refractivity contribution in [3.63, 3.8) is 0 Å². The highest BCUT2D eigenvalue weighted by Gasteiger charge is 2.40. The van der Waals surface area contributed by atoms with Gasteiger partial charge in [0, 0.05) is 17.7 Å². The van der Waals surface area contributed by atoms with E-state index in [-0.39, 0.29) is 44.1 Å². The molecule has 1 amide bonds. The molecule has 11 nitrogen and oxygen atoms in total. The maximum absolute atomic E-state index is 12.5. The van der Waals surface area contributed by atoms with Crippen molar-refractivity contribution in [3.05, 3.63) is 57.8 Å². The summed E-state index contributed by atoms with van der Waals surface area (Å²) in [5, 5.41) is 24.4. The van der Waals surface area contributed by atoms with Gasteiger partial charge in [-0.3, -0.25) is 20.3 Å². The molecule has 0 radical (unpaired) electrons. The number of amides is 1. The Morgan fingerprint density at radius 3 is 2.76 bits per heavy atom. The Morgan fingerprint density at radius 2 is 2.06 bits per heavy atom. The predicted octanol–water partition coefficient (Wildman–Crippen LogP) is 3.50. The molecule has 3 heterocycles. The lowest BCUT2D eigenvalue weighted by molar-refractivity contribution is -0.384. The highest BCUT2D eigenvalue weighted by molar-refractivity contribution is 8.42. The number of amidine groups is 2. The van der Waals surface area contributed by atoms with Gasteiger partial charge < -0.3 is 4.42 Å². The molecule has 0 aliphatic carbocycles. The molecule has 0 spiro atoms. The SMILES string of the molecule is CC(C)CS(=O)(=O)C1=NN2C(=N)/C(=C\c3ccc(-c4cccc([N+](=O)[O-])c4)o3)C(=O)N=C2S1. The maximum atomic E-state index is 12.5. The first-order valence-corrected chi connectivity index (χ1v) is 12.1. The highest BCUT2D eigenvalue weighted by atomic mass is 32.3. The molecule has 13 heteroatoms. The van der Waals surface area contributed by atoms with Gasteiger partial charge >= 0.3 is 0 Å². The van der Waals surface area contributed by atoms with Crippen molar-refractivity contribution in [1.82, 2.24) is 5.01 Å². The number of furan rings is 1. The second-order valence-corrected chi connectivity index (χ2v) is 10.7. The molecule has 2 aliphatic heterocycles. The van der Waals surface area contributed by atoms with Gasteiger partial charge in [0.15, 0.2) is 5.84 Å². The first-order valence-electron chi connectivity index (χ1n) is 9.63. The van der Waals surface area contributed by atoms with E-state index >= 15 is 0 Å². The molecule has 0 fully saturated rings. The standard InChI is InChI=1S/C20H17N5O6S2/c1-11(2)10-33(29,30)20-23-24-17(21)15(18(26)22-19(24)32-20)9-14-6-7-16(31-14)12-4-3-5-13(8-12)25(27)28/h3-9,11,21H,10H2,1-2H3/b15-9+,21-17?. The molecule has 0 unspecified atom stereocenters. The van der Waals surface area contributed by atoms with Gasteiger partial charge in [-0.1, -0.05) is 26.0 Å². The second kappa shape index (κ2) is 8.41. The fourth-order valence-electron chi connectivity index (χ4n) is 3.11. The normalized spacial score (nSPS) is 17.4. The highest BCUT2D eigenvalue weighted by Crippen LogP contribution is 2.32. The van der Waals surface area contributed by atoms with Crippen LogP contribution in [0, 0.1) is 21.4 Å². The molecule has 33 heavy (non-hydrogen) atoms. The number of thioether (sulfide) groups is 1. The minimum Gasteiger partial charge on any atom is -0.457 e. The number of nitro groups is 1. The van der Waals surface area contributed by atoms with Gasteiger partial charge in [-0.05, 0) is 35.9 Å². The number of rotatable bonds is 5. The van der Waals surface area contributed by atoms with Gasteiger partial charge in [0.1, 0.15) is 11.5 Å². The molecule has 170 valence electrons. The van der Waals surface area contributed by atoms with Gasteiger partial charge in [0.25, 0.3) is 11.6 Å². The Labute approximate surface area is 192 Å². The van der Waals surface area contributed by atoms with Crippen molar-refractivity contribution >= 4 is 54.6 Å². The largest absolute Gasteiger partial charge is 0.457 e. The summed E-state index contributed by atoms with van der Waals surface area (Å²) in [6.45, 7) is 3.53. The fourth-order valence-corrected chi connectivity index (χ4v) is 5.90. The zero-order valence-electron chi connectivity index (χ0n) is 17.4. The van der Waals surface area contributed by atoms with Gasteiger partial charge in [-0.25, -0.2) is 8.42 Å². The monoisotopic (exact) mass is 487 g/mol. The summed E-state index contributed by atoms with van der Waals surface area (Å²) in [5.41, 5.74) is 0.243. The summed E-state index contributed by atoms with van der Waals surface area (Å²) in [6.07, 6.45) is 1.30. The molecule has 4 rings (SSSR count). The average Bonchev–Trinajstić information content (AvgIpc) is 3.38. The van der Waals surface area contributed by atoms with Crippen molar-refractivity contribution in [2.45, 2.75) is 13.8 Å². The van der Waals surface area contributed by atoms with Crippen molar-refractivity contribution < 1.29 is 22.6 Å². The van der Waals surface area contributed by atoms with E-state index in [4.69, 9.17) is 9.83 Å². The molecule has 0 atom stereocenters. The summed E-state index contributed by atoms with van der Waals surface area (Å²) in [6, 6.07) is 9.01. The van der Waals surface area contributed by atoms with Crippen LogP contribution in [0.5, 0.6) is 0 Å². The van der Waals surface area contributed by atoms with E-state index in [1.165, 1.54) is 24.3 Å². The van der Waals surface area contributed by atoms with Crippen LogP contribution in [0.3, 0.4) is 0 Å². The smallest absolute Gasteiger partial charge is 0.283 e. The zero-order chi connectivity index (χ0) is 23.9. The van der Waals surface area contributed by atoms with Gasteiger partial charge in [0.2, 0.25) is 19.4 Å². The van der Waals surface area contributed by atoms with Crippen LogP contribution in [0.1, 0.15) is 19.6 Å². The van der Waals surface area contributed by atoms with Crippen LogP contribution >= 0.6 is 11.8 Å². The molecule has 0 saturated heterocycles. The van der Waals surface area contributed by atoms with E-state index in [2.05, 4.69) is 10.1 Å². The maximum Gasteiger partial charge on any atom is 0.283 e. The third kappa shape index (κ3) is 4.50. The second-order valence-electron chi connectivity index (χ2n) is 7.57. The first-order chi connectivity index (χ1) is 15.5. The third-order valence-corrected chi connectivity index (χ3v) is 7.94. The number of non-ortho nitro benzene ring substituents is 1. The number of nitrogens with one attached hydrogen (secondary N) is 1. The minimum atomic E-state index is -3.68. The summed E-state index contributed by atoms with van der Waals surface area (Å²) in [7, 11) is -3.68. The molecular formula is C20H17N5O6S2. The Hall–Kier alpha value is -3.58. The Morgan fingerprint density at radius 1 is 1.30 bits per heavy atom. The molecule has 1 N–H and O–H groups in total. The molecule has 2 aliphatic rings. The number of fused-ring (bicyclic) bond motifs is 1. The molecule has 2 aromatic rings. The van der Waals surface area contributed by atoms with Gasteiger partial charge in [0.05, 0.1) is 16.2 Å². The van der Waals surface area contributed by atoms with Crippen LogP contribution < -0.4 is 0 Å². The molecule has 0 bridgehead atoms. The first kappa shape index (κ1) is 22.6. The number of nitrogens with zero attached hydrogens (tertiary/aromatic N) is 4. The van der Waals surface area contributed by atoms with Crippen molar-refractivity contribution in [3.8, 4) is 11.3 Å². The fraction of sp³-hybridized carbons (Fsp3) is 0.200. The lowest BCUT2D eigenvalue weighted by atomic mass is 10.1. The number of benzene rings is 1. The zero-order valence-corrected chi connectivity index (χ0v) is 19.0. The van der Waals surface area contributed by atoms with E-state index in [1.807, 2.05) is 0 Å². The van der Waals surface area contributed by atoms with Crippen LogP contribution in [0.2, 0.25) is 0 Å². The lowest BCUT2D eigenvalue weighted by Crippen LogP contribution is -2.35. The number of hydrogen-bond acceptors (Lipinski definition) is 9. The van der Waals surface area contributed by atoms with Crippen LogP contribution in [-0.2, 0) is 14.6 Å². The Bertz CT molecular complexity index is 1390. The third-order valence-electron chi connectivity index (χ3n) is 4.51. The summed E-state index contributed by atoms with van der Waals surface area (Å²) >= 11 is 0.735. The van der Waals surface area contributed by atoms with E-state index in [0.29, 0.717) is 11.3 Å². The summed E-state index contributed by atoms with van der Waals surface area (Å²) in [5.74, 6) is -0.747. The number of carbonyl (C=O) groups is 1. The molecular weight excluding hydrogens is 470 g/mol. The van der Waals surface area contributed by atoms with E-state index < -0.39 is 20.7 Å². The van der Waals surface area contributed by atoms with Crippen molar-refractivity contribution in [2.24, 2.45) is 16.0 Å². The number of carbonyl (C=O) groups excluding carboxylic acids is 1. The Balaban J connectivity index is 1.62. The van der Waals surface area contributed by atoms with E-state index in [9.17, 15) is 23.3 Å². The molecule has 1 aromatic heterocycles. The topological polar surface area (TPSA) is 159 Å². The van der Waals surface area contributed by atoms with Crippen molar-refractivity contribution in [2.75, 3.05) is 5.75 Å². The Kier molecular flexibility index (Phi) is 5.76. The van der Waals surface area contributed by atoms with E-state index in [0.717, 1.165) is 16.8 Å². The van der Waals surface area contributed by atoms with Crippen LogP contribution in [-0.4, -0.2) is 45.4 Å². The van der Waals surface area contributed by atoms with Crippen molar-refractivity contribution in [1.29, 1.82) is 5.41 Å². The van der Waals surface area contributed by atoms with Crippen LogP contribution in [0.25, 0.3) is 17.4 Å². The number of aliphatic imine (C=N–C) groups is 1. The lowest BCUT2D eigenvalue weighted by Gasteiger charge is -2.19. The van der Waals surface area contributed by atoms with Crippen LogP contribution in [0.4, 0.5) is 5.69 Å². The molecule has 0 saturated carbocycles. The minimum absolute atomic E-state index is 0.00112. The van der Waals surface area contributed by atoms with Crippen LogP contribution in [0.15, 0.2) is 56.5 Å². The summed E-state index contributed by atoms with van der Waals surface area (Å²) < 4.78 is 30.5. The molecule has 1 aromatic carbocycles. The van der Waals surface area contributed by atoms with Gasteiger partial charge in [-0.15, -0.1) is 5.10 Å². The number of hydrazone groups is 1. The number of nitro benzene ring substituents is 1. The number of sulfone groups is 1.